The predicted molar refractivity (Wildman–Crippen MR) is 363 cm³/mol. The highest BCUT2D eigenvalue weighted by Gasteiger charge is 2.30. The second-order valence-electron chi connectivity index (χ2n) is 26.6. The molecular weight excluding hydrogens is 1190 g/mol. The Morgan fingerprint density at radius 1 is 0.300 bits per heavy atom. The van der Waals surface area contributed by atoms with Gasteiger partial charge in [0, 0.05) is 25.7 Å². The summed E-state index contributed by atoms with van der Waals surface area (Å²) < 4.78 is 68.2. The Bertz CT molecular complexity index is 1750. The molecule has 0 aliphatic heterocycles. The summed E-state index contributed by atoms with van der Waals surface area (Å²) in [6.45, 7) is 9.44. The van der Waals surface area contributed by atoms with E-state index in [0.717, 1.165) is 102 Å². The number of hydrogen-bond acceptors (Lipinski definition) is 15. The van der Waals surface area contributed by atoms with Crippen molar-refractivity contribution in [2.75, 3.05) is 39.6 Å². The van der Waals surface area contributed by atoms with Crippen LogP contribution < -0.4 is 0 Å². The van der Waals surface area contributed by atoms with Crippen molar-refractivity contribution < 1.29 is 80.2 Å². The van der Waals surface area contributed by atoms with Crippen molar-refractivity contribution in [3.63, 3.8) is 0 Å². The van der Waals surface area contributed by atoms with Crippen LogP contribution in [0.1, 0.15) is 363 Å². The van der Waals surface area contributed by atoms with Gasteiger partial charge in [-0.1, -0.05) is 311 Å². The minimum absolute atomic E-state index is 0.105. The van der Waals surface area contributed by atoms with Gasteiger partial charge in [0.15, 0.2) is 12.2 Å². The SMILES string of the molecule is CCCCCCCCCCCCCCCCCCCCCC(=O)O[C@H](COC(=O)CCCCCCCCCCCC(C)C)COP(=O)(O)OC[C@@H](O)COP(=O)(O)OC[C@@H](COC(=O)CCCCCCCCC(C)C)OC(=O)CCCCCCCCCCCC. The van der Waals surface area contributed by atoms with E-state index in [1.54, 1.807) is 0 Å². The molecule has 90 heavy (non-hydrogen) atoms. The van der Waals surface area contributed by atoms with Crippen molar-refractivity contribution in [2.24, 2.45) is 11.8 Å². The molecule has 0 fully saturated rings. The van der Waals surface area contributed by atoms with E-state index in [9.17, 15) is 43.2 Å². The molecule has 0 saturated carbocycles. The fourth-order valence-corrected chi connectivity index (χ4v) is 12.3. The number of esters is 4. The van der Waals surface area contributed by atoms with Crippen molar-refractivity contribution in [1.29, 1.82) is 0 Å². The number of carbonyl (C=O) groups is 4. The highest BCUT2D eigenvalue weighted by Crippen LogP contribution is 2.45. The highest BCUT2D eigenvalue weighted by atomic mass is 31.2. The smallest absolute Gasteiger partial charge is 0.462 e. The molecule has 5 atom stereocenters. The van der Waals surface area contributed by atoms with Gasteiger partial charge in [-0.15, -0.1) is 0 Å². The van der Waals surface area contributed by atoms with Gasteiger partial charge in [0.1, 0.15) is 19.3 Å². The lowest BCUT2D eigenvalue weighted by Crippen LogP contribution is -2.30. The Kier molecular flexibility index (Phi) is 61.8. The summed E-state index contributed by atoms with van der Waals surface area (Å²) in [5.74, 6) is -0.702. The minimum atomic E-state index is -4.95. The molecule has 3 N–H and O–H groups in total. The fraction of sp³-hybridized carbons (Fsp3) is 0.944. The molecule has 0 aliphatic carbocycles. The summed E-state index contributed by atoms with van der Waals surface area (Å²) in [4.78, 5) is 72.5. The van der Waals surface area contributed by atoms with Gasteiger partial charge in [-0.25, -0.2) is 9.13 Å². The largest absolute Gasteiger partial charge is 0.472 e. The molecule has 17 nitrogen and oxygen atoms in total. The van der Waals surface area contributed by atoms with Crippen molar-refractivity contribution in [1.82, 2.24) is 0 Å². The van der Waals surface area contributed by atoms with Gasteiger partial charge in [-0.05, 0) is 37.5 Å². The quantitative estimate of drug-likeness (QED) is 0.0222. The lowest BCUT2D eigenvalue weighted by atomic mass is 10.0. The first-order valence-corrected chi connectivity index (χ1v) is 40.0. The summed E-state index contributed by atoms with van der Waals surface area (Å²) in [5, 5.41) is 10.6. The van der Waals surface area contributed by atoms with Crippen LogP contribution in [0.15, 0.2) is 0 Å². The summed E-state index contributed by atoms with van der Waals surface area (Å²) >= 11 is 0. The normalized spacial score (nSPS) is 14.1. The van der Waals surface area contributed by atoms with Crippen molar-refractivity contribution in [3.05, 3.63) is 0 Å². The second-order valence-corrected chi connectivity index (χ2v) is 29.5. The van der Waals surface area contributed by atoms with E-state index in [1.807, 2.05) is 0 Å². The molecule has 19 heteroatoms. The van der Waals surface area contributed by atoms with Crippen LogP contribution in [0.3, 0.4) is 0 Å². The molecule has 2 unspecified atom stereocenters. The zero-order valence-corrected chi connectivity index (χ0v) is 60.2. The molecule has 0 spiro atoms. The Morgan fingerprint density at radius 2 is 0.511 bits per heavy atom. The molecule has 0 heterocycles. The second kappa shape index (κ2) is 63.1. The molecule has 0 rings (SSSR count). The van der Waals surface area contributed by atoms with Crippen LogP contribution >= 0.6 is 15.6 Å². The van der Waals surface area contributed by atoms with E-state index in [1.165, 1.54) is 173 Å². The Hall–Kier alpha value is -1.94. The maximum Gasteiger partial charge on any atom is 0.472 e. The maximum atomic E-state index is 13.0. The van der Waals surface area contributed by atoms with Crippen molar-refractivity contribution in [3.8, 4) is 0 Å². The number of unbranched alkanes of at least 4 members (excludes halogenated alkanes) is 40. The molecule has 0 amide bonds. The van der Waals surface area contributed by atoms with E-state index in [2.05, 4.69) is 41.5 Å². The maximum absolute atomic E-state index is 13.0. The number of ether oxygens (including phenoxy) is 4. The van der Waals surface area contributed by atoms with E-state index < -0.39 is 97.5 Å². The monoisotopic (exact) mass is 1320 g/mol. The summed E-state index contributed by atoms with van der Waals surface area (Å²) in [5.41, 5.74) is 0. The van der Waals surface area contributed by atoms with Gasteiger partial charge < -0.3 is 33.8 Å². The van der Waals surface area contributed by atoms with Crippen LogP contribution in [0.4, 0.5) is 0 Å². The van der Waals surface area contributed by atoms with Crippen LogP contribution in [0, 0.1) is 11.8 Å². The van der Waals surface area contributed by atoms with E-state index in [-0.39, 0.29) is 25.7 Å². The van der Waals surface area contributed by atoms with E-state index in [0.29, 0.717) is 31.6 Å². The number of hydrogen-bond donors (Lipinski definition) is 3. The number of phosphoric ester groups is 2. The van der Waals surface area contributed by atoms with Gasteiger partial charge in [0.25, 0.3) is 0 Å². The van der Waals surface area contributed by atoms with Crippen LogP contribution in [-0.2, 0) is 65.4 Å². The number of aliphatic hydroxyl groups excluding tert-OH is 1. The number of rotatable bonds is 70. The highest BCUT2D eigenvalue weighted by molar-refractivity contribution is 7.47. The summed E-state index contributed by atoms with van der Waals surface area (Å²) in [7, 11) is -9.90. The Balaban J connectivity index is 5.19. The Labute approximate surface area is 549 Å². The molecule has 0 aromatic carbocycles. The predicted octanol–water partition coefficient (Wildman–Crippen LogP) is 20.4. The first-order valence-electron chi connectivity index (χ1n) is 37.0. The molecular formula is C71H138O17P2. The molecule has 534 valence electrons. The van der Waals surface area contributed by atoms with Crippen molar-refractivity contribution in [2.45, 2.75) is 381 Å². The fourth-order valence-electron chi connectivity index (χ4n) is 10.8. The lowest BCUT2D eigenvalue weighted by Gasteiger charge is -2.21. The molecule has 0 saturated heterocycles. The first kappa shape index (κ1) is 88.1. The van der Waals surface area contributed by atoms with E-state index in [4.69, 9.17) is 37.0 Å². The summed E-state index contributed by atoms with van der Waals surface area (Å²) in [6.07, 6.45) is 48.8. The van der Waals surface area contributed by atoms with Crippen LogP contribution in [0.25, 0.3) is 0 Å². The molecule has 0 aliphatic rings. The number of carbonyl (C=O) groups excluding carboxylic acids is 4. The van der Waals surface area contributed by atoms with Gasteiger partial charge in [0.05, 0.1) is 26.4 Å². The first-order chi connectivity index (χ1) is 43.4. The topological polar surface area (TPSA) is 237 Å². The van der Waals surface area contributed by atoms with Crippen LogP contribution in [0.5, 0.6) is 0 Å². The van der Waals surface area contributed by atoms with E-state index >= 15 is 0 Å². The van der Waals surface area contributed by atoms with Crippen LogP contribution in [-0.4, -0.2) is 96.7 Å². The zero-order chi connectivity index (χ0) is 66.5. The molecule has 0 aromatic heterocycles. The average Bonchev–Trinajstić information content (AvgIpc) is 3.43. The number of phosphoric acid groups is 2. The average molecular weight is 1330 g/mol. The third-order valence-electron chi connectivity index (χ3n) is 16.5. The third kappa shape index (κ3) is 64.8. The summed E-state index contributed by atoms with van der Waals surface area (Å²) in [6, 6.07) is 0. The van der Waals surface area contributed by atoms with Gasteiger partial charge in [-0.2, -0.15) is 0 Å². The van der Waals surface area contributed by atoms with Gasteiger partial charge >= 0.3 is 39.5 Å². The van der Waals surface area contributed by atoms with Crippen molar-refractivity contribution >= 4 is 39.5 Å². The molecule has 0 bridgehead atoms. The molecule has 0 aromatic rings. The van der Waals surface area contributed by atoms with Gasteiger partial charge in [-0.3, -0.25) is 37.3 Å². The number of aliphatic hydroxyl groups is 1. The lowest BCUT2D eigenvalue weighted by molar-refractivity contribution is -0.161. The Morgan fingerprint density at radius 3 is 0.756 bits per heavy atom. The minimum Gasteiger partial charge on any atom is -0.462 e. The standard InChI is InChI=1S/C71H138O17P2/c1-7-9-11-13-15-17-19-20-21-22-23-24-25-26-27-31-36-44-50-56-71(76)87-66(59-81-68(73)53-47-41-34-32-28-29-33-39-45-51-63(3)4)61-85-89(77,78)83-57-65(72)58-84-90(79,80)86-62-67(60-82-69(74)54-48-42-38-37-40-46-52-64(5)6)88-70(75)55-49-43-35-30-18-16-14-12-10-8-2/h63-67,72H,7-62H2,1-6H3,(H,77,78)(H,79,80)/t65-,66-,67-/m1/s1. The zero-order valence-electron chi connectivity index (χ0n) is 58.4. The molecule has 0 radical (unpaired) electrons. The third-order valence-corrected chi connectivity index (χ3v) is 18.4. The van der Waals surface area contributed by atoms with Gasteiger partial charge in [0.2, 0.25) is 0 Å². The van der Waals surface area contributed by atoms with Crippen LogP contribution in [0.2, 0.25) is 0 Å².